The summed E-state index contributed by atoms with van der Waals surface area (Å²) in [6, 6.07) is 7.51. The van der Waals surface area contributed by atoms with Gasteiger partial charge in [0.25, 0.3) is 0 Å². The summed E-state index contributed by atoms with van der Waals surface area (Å²) < 4.78 is 10.5. The van der Waals surface area contributed by atoms with Crippen LogP contribution >= 0.6 is 11.6 Å². The second kappa shape index (κ2) is 6.97. The van der Waals surface area contributed by atoms with Crippen molar-refractivity contribution in [3.8, 4) is 0 Å². The van der Waals surface area contributed by atoms with E-state index in [-0.39, 0.29) is 13.2 Å². The molecule has 0 radical (unpaired) electrons. The topological polar surface area (TPSA) is 38.7 Å². The molecule has 4 heteroatoms. The second-order valence-electron chi connectivity index (χ2n) is 4.10. The summed E-state index contributed by atoms with van der Waals surface area (Å²) in [6.45, 7) is 2.80. The molecule has 17 heavy (non-hydrogen) atoms. The van der Waals surface area contributed by atoms with E-state index in [4.69, 9.17) is 21.1 Å². The van der Waals surface area contributed by atoms with Crippen molar-refractivity contribution in [2.45, 2.75) is 25.6 Å². The summed E-state index contributed by atoms with van der Waals surface area (Å²) in [6.07, 6.45) is 0.587. The van der Waals surface area contributed by atoms with Gasteiger partial charge in [0.05, 0.1) is 19.8 Å². The molecule has 0 saturated carbocycles. The lowest BCUT2D eigenvalue weighted by atomic mass is 10.0. The van der Waals surface area contributed by atoms with Gasteiger partial charge in [0.1, 0.15) is 5.60 Å². The van der Waals surface area contributed by atoms with E-state index in [2.05, 4.69) is 0 Å². The maximum Gasteiger partial charge on any atom is 0.111 e. The molecular weight excluding hydrogens is 240 g/mol. The smallest absolute Gasteiger partial charge is 0.111 e. The predicted octanol–water partition coefficient (Wildman–Crippen LogP) is 2.64. The van der Waals surface area contributed by atoms with Crippen LogP contribution in [0.4, 0.5) is 0 Å². The van der Waals surface area contributed by atoms with E-state index in [9.17, 15) is 5.11 Å². The fourth-order valence-electron chi connectivity index (χ4n) is 1.48. The molecule has 3 nitrogen and oxygen atoms in total. The molecule has 0 saturated heterocycles. The van der Waals surface area contributed by atoms with Crippen molar-refractivity contribution < 1.29 is 14.6 Å². The number of benzene rings is 1. The van der Waals surface area contributed by atoms with E-state index >= 15 is 0 Å². The first-order valence-electron chi connectivity index (χ1n) is 5.64. The Morgan fingerprint density at radius 2 is 2.00 bits per heavy atom. The Balaban J connectivity index is 2.44. The molecule has 0 aliphatic carbocycles. The molecule has 1 atom stereocenters. The Hall–Kier alpha value is -0.610. The molecule has 1 rings (SSSR count). The minimum absolute atomic E-state index is 0.239. The largest absolute Gasteiger partial charge is 0.385 e. The normalized spacial score (nSPS) is 14.6. The van der Waals surface area contributed by atoms with Crippen LogP contribution < -0.4 is 0 Å². The fourth-order valence-corrected chi connectivity index (χ4v) is 1.67. The monoisotopic (exact) mass is 258 g/mol. The Kier molecular flexibility index (Phi) is 5.92. The van der Waals surface area contributed by atoms with Gasteiger partial charge in [-0.25, -0.2) is 0 Å². The van der Waals surface area contributed by atoms with Crippen LogP contribution in [0.15, 0.2) is 24.3 Å². The maximum atomic E-state index is 10.1. The van der Waals surface area contributed by atoms with Crippen LogP contribution in [0.1, 0.15) is 18.9 Å². The molecule has 0 aromatic heterocycles. The number of aliphatic hydroxyl groups is 1. The van der Waals surface area contributed by atoms with Crippen LogP contribution in [0.3, 0.4) is 0 Å². The summed E-state index contributed by atoms with van der Waals surface area (Å²) in [4.78, 5) is 0. The quantitative estimate of drug-likeness (QED) is 0.817. The molecule has 0 aliphatic heterocycles. The molecule has 0 aliphatic rings. The van der Waals surface area contributed by atoms with Crippen LogP contribution in [0.25, 0.3) is 0 Å². The molecule has 96 valence electrons. The first-order chi connectivity index (χ1) is 8.11. The molecule has 1 N–H and O–H groups in total. The van der Waals surface area contributed by atoms with Crippen LogP contribution in [-0.4, -0.2) is 31.0 Å². The van der Waals surface area contributed by atoms with Gasteiger partial charge in [-0.3, -0.25) is 0 Å². The lowest BCUT2D eigenvalue weighted by Crippen LogP contribution is -2.38. The molecule has 0 bridgehead atoms. The van der Waals surface area contributed by atoms with E-state index < -0.39 is 5.60 Å². The highest BCUT2D eigenvalue weighted by Crippen LogP contribution is 2.17. The predicted molar refractivity (Wildman–Crippen MR) is 68.2 cm³/mol. The van der Waals surface area contributed by atoms with Crippen LogP contribution in [0, 0.1) is 0 Å². The van der Waals surface area contributed by atoms with Gasteiger partial charge in [0.2, 0.25) is 0 Å². The standard InChI is InChI=1S/C13H19ClO3/c1-3-13(15,9-16-2)10-17-8-11-6-4-5-7-12(11)14/h4-7,15H,3,8-10H2,1-2H3. The van der Waals surface area contributed by atoms with E-state index in [1.807, 2.05) is 31.2 Å². The van der Waals surface area contributed by atoms with Gasteiger partial charge in [-0.15, -0.1) is 0 Å². The lowest BCUT2D eigenvalue weighted by Gasteiger charge is -2.25. The van der Waals surface area contributed by atoms with Crippen LogP contribution in [0.5, 0.6) is 0 Å². The van der Waals surface area contributed by atoms with Crippen molar-refractivity contribution in [1.29, 1.82) is 0 Å². The van der Waals surface area contributed by atoms with Crippen molar-refractivity contribution in [1.82, 2.24) is 0 Å². The van der Waals surface area contributed by atoms with E-state index in [1.165, 1.54) is 0 Å². The Morgan fingerprint density at radius 3 is 2.59 bits per heavy atom. The third-order valence-corrected chi connectivity index (χ3v) is 3.03. The minimum Gasteiger partial charge on any atom is -0.385 e. The van der Waals surface area contributed by atoms with Gasteiger partial charge in [0.15, 0.2) is 0 Å². The van der Waals surface area contributed by atoms with Gasteiger partial charge >= 0.3 is 0 Å². The molecule has 1 aromatic rings. The summed E-state index contributed by atoms with van der Waals surface area (Å²) in [5.41, 5.74) is 0.000702. The molecule has 1 aromatic carbocycles. The number of rotatable bonds is 7. The highest BCUT2D eigenvalue weighted by molar-refractivity contribution is 6.31. The van der Waals surface area contributed by atoms with Crippen LogP contribution in [-0.2, 0) is 16.1 Å². The number of ether oxygens (including phenoxy) is 2. The minimum atomic E-state index is -0.921. The van der Waals surface area contributed by atoms with Crippen molar-refractivity contribution in [3.63, 3.8) is 0 Å². The summed E-state index contributed by atoms with van der Waals surface area (Å²) in [5.74, 6) is 0. The first kappa shape index (κ1) is 14.5. The van der Waals surface area contributed by atoms with E-state index in [0.29, 0.717) is 18.1 Å². The molecule has 1 unspecified atom stereocenters. The van der Waals surface area contributed by atoms with Crippen molar-refractivity contribution in [3.05, 3.63) is 34.9 Å². The summed E-state index contributed by atoms with van der Waals surface area (Å²) in [7, 11) is 1.56. The highest BCUT2D eigenvalue weighted by atomic mass is 35.5. The number of halogens is 1. The molecule has 0 amide bonds. The zero-order chi connectivity index (χ0) is 12.7. The van der Waals surface area contributed by atoms with Gasteiger partial charge in [-0.2, -0.15) is 0 Å². The van der Waals surface area contributed by atoms with Crippen molar-refractivity contribution >= 4 is 11.6 Å². The van der Waals surface area contributed by atoms with Crippen molar-refractivity contribution in [2.75, 3.05) is 20.3 Å². The molecule has 0 heterocycles. The zero-order valence-electron chi connectivity index (χ0n) is 10.3. The van der Waals surface area contributed by atoms with Gasteiger partial charge < -0.3 is 14.6 Å². The average molecular weight is 259 g/mol. The molecule has 0 fully saturated rings. The zero-order valence-corrected chi connectivity index (χ0v) is 11.0. The average Bonchev–Trinajstić information content (AvgIpc) is 2.32. The number of hydrogen-bond donors (Lipinski definition) is 1. The maximum absolute atomic E-state index is 10.1. The SMILES string of the molecule is CCC(O)(COC)COCc1ccccc1Cl. The van der Waals surface area contributed by atoms with Crippen molar-refractivity contribution in [2.24, 2.45) is 0 Å². The Bertz CT molecular complexity index is 343. The summed E-state index contributed by atoms with van der Waals surface area (Å²) >= 11 is 6.00. The van der Waals surface area contributed by atoms with Gasteiger partial charge in [-0.05, 0) is 18.1 Å². The van der Waals surface area contributed by atoms with E-state index in [1.54, 1.807) is 7.11 Å². The third-order valence-electron chi connectivity index (χ3n) is 2.66. The number of hydrogen-bond acceptors (Lipinski definition) is 3. The lowest BCUT2D eigenvalue weighted by molar-refractivity contribution is -0.0924. The molecular formula is C13H19ClO3. The first-order valence-corrected chi connectivity index (χ1v) is 6.01. The molecule has 0 spiro atoms. The third kappa shape index (κ3) is 4.64. The Labute approximate surface area is 107 Å². The Morgan fingerprint density at radius 1 is 1.29 bits per heavy atom. The highest BCUT2D eigenvalue weighted by Gasteiger charge is 2.24. The van der Waals surface area contributed by atoms with E-state index in [0.717, 1.165) is 5.56 Å². The number of methoxy groups -OCH3 is 1. The summed E-state index contributed by atoms with van der Waals surface area (Å²) in [5, 5.41) is 10.8. The fraction of sp³-hybridized carbons (Fsp3) is 0.538. The van der Waals surface area contributed by atoms with Crippen LogP contribution in [0.2, 0.25) is 5.02 Å². The second-order valence-corrected chi connectivity index (χ2v) is 4.50. The van der Waals surface area contributed by atoms with Gasteiger partial charge in [0, 0.05) is 12.1 Å². The van der Waals surface area contributed by atoms with Gasteiger partial charge in [-0.1, -0.05) is 36.7 Å².